The lowest BCUT2D eigenvalue weighted by Crippen LogP contribution is -2.77. The minimum atomic E-state index is -1.17. The van der Waals surface area contributed by atoms with Crippen LogP contribution in [0.15, 0.2) is 12.2 Å². The molecule has 9 rings (SSSR count). The molecule has 5 aliphatic heterocycles. The largest absolute Gasteiger partial charge is 0.461 e. The Morgan fingerprint density at radius 1 is 0.917 bits per heavy atom. The van der Waals surface area contributed by atoms with Crippen LogP contribution in [0.1, 0.15) is 72.6 Å². The molecule has 8 fully saturated rings. The first-order valence-electron chi connectivity index (χ1n) is 13.7. The first-order valence-corrected chi connectivity index (χ1v) is 13.7. The van der Waals surface area contributed by atoms with Crippen molar-refractivity contribution in [3.63, 3.8) is 0 Å². The van der Waals surface area contributed by atoms with Crippen LogP contribution in [0.5, 0.6) is 0 Å². The summed E-state index contributed by atoms with van der Waals surface area (Å²) in [6.07, 6.45) is 6.44. The molecule has 0 unspecified atom stereocenters. The van der Waals surface area contributed by atoms with Crippen molar-refractivity contribution in [2.45, 2.75) is 119 Å². The molecule has 0 aromatic carbocycles. The van der Waals surface area contributed by atoms with Gasteiger partial charge >= 0.3 is 5.97 Å². The van der Waals surface area contributed by atoms with E-state index in [4.69, 9.17) is 18.9 Å². The lowest BCUT2D eigenvalue weighted by molar-refractivity contribution is -0.418. The van der Waals surface area contributed by atoms with Gasteiger partial charge in [-0.25, -0.2) is 0 Å². The number of epoxide rings is 1. The van der Waals surface area contributed by atoms with Gasteiger partial charge in [0.2, 0.25) is 0 Å². The second-order valence-corrected chi connectivity index (χ2v) is 14.0. The maximum absolute atomic E-state index is 13.5. The van der Waals surface area contributed by atoms with Crippen LogP contribution in [0.2, 0.25) is 0 Å². The van der Waals surface area contributed by atoms with E-state index in [0.29, 0.717) is 44.9 Å². The molecule has 2 N–H and O–H groups in total. The second kappa shape index (κ2) is 5.96. The number of aliphatic hydroxyl groups is 2. The van der Waals surface area contributed by atoms with Crippen LogP contribution in [0.25, 0.3) is 0 Å². The molecular formula is C28H36O8. The molecular weight excluding hydrogens is 464 g/mol. The van der Waals surface area contributed by atoms with Gasteiger partial charge in [-0.15, -0.1) is 0 Å². The molecule has 5 saturated heterocycles. The van der Waals surface area contributed by atoms with E-state index in [1.807, 2.05) is 13.0 Å². The number of hydrogen-bond acceptors (Lipinski definition) is 8. The summed E-state index contributed by atoms with van der Waals surface area (Å²) in [6.45, 7) is 7.44. The Labute approximate surface area is 210 Å². The topological polar surface area (TPSA) is 115 Å². The van der Waals surface area contributed by atoms with Crippen molar-refractivity contribution in [1.82, 2.24) is 0 Å². The SMILES string of the molecule is C[C@]1(O)CC[C@H]2[C@H]3[C@@H](O[C@]4([C@@H]5C[C@@]6(C)C(=O)O[C@@H]5C[C@@]6(C)O)CC[C@@]31O4)[C@H]1O[C@]13CC=CC(=O)[C@]23C. The molecule has 9 aliphatic rings. The fraction of sp³-hybridized carbons (Fsp3) is 0.857. The summed E-state index contributed by atoms with van der Waals surface area (Å²) in [7, 11) is 0. The number of rotatable bonds is 1. The summed E-state index contributed by atoms with van der Waals surface area (Å²) >= 11 is 0. The fourth-order valence-electron chi connectivity index (χ4n) is 10.2. The molecule has 2 spiro atoms. The summed E-state index contributed by atoms with van der Waals surface area (Å²) in [6, 6.07) is 0. The molecule has 0 amide bonds. The van der Waals surface area contributed by atoms with Crippen LogP contribution in [-0.2, 0) is 28.5 Å². The van der Waals surface area contributed by atoms with Crippen molar-refractivity contribution < 1.29 is 38.7 Å². The highest BCUT2D eigenvalue weighted by atomic mass is 16.8. The van der Waals surface area contributed by atoms with E-state index < -0.39 is 45.1 Å². The number of hydrogen-bond donors (Lipinski definition) is 2. The number of carbonyl (C=O) groups excluding carboxylic acids is 2. The van der Waals surface area contributed by atoms with Crippen molar-refractivity contribution in [1.29, 1.82) is 0 Å². The first kappa shape index (κ1) is 22.6. The van der Waals surface area contributed by atoms with Gasteiger partial charge in [-0.3, -0.25) is 9.59 Å². The monoisotopic (exact) mass is 500 g/mol. The van der Waals surface area contributed by atoms with Gasteiger partial charge in [0.05, 0.1) is 34.1 Å². The van der Waals surface area contributed by atoms with Gasteiger partial charge in [0.25, 0.3) is 0 Å². The van der Waals surface area contributed by atoms with Gasteiger partial charge in [-0.1, -0.05) is 6.08 Å². The van der Waals surface area contributed by atoms with Gasteiger partial charge in [-0.2, -0.15) is 0 Å². The number of ketones is 1. The van der Waals surface area contributed by atoms with Crippen LogP contribution in [0.3, 0.4) is 0 Å². The normalized spacial score (nSPS) is 65.9. The van der Waals surface area contributed by atoms with Crippen molar-refractivity contribution >= 4 is 11.8 Å². The molecule has 0 aromatic rings. The first-order chi connectivity index (χ1) is 16.8. The highest BCUT2D eigenvalue weighted by Crippen LogP contribution is 2.76. The molecule has 13 atom stereocenters. The summed E-state index contributed by atoms with van der Waals surface area (Å²) in [5.41, 5.74) is -5.41. The number of esters is 1. The van der Waals surface area contributed by atoms with Gasteiger partial charge in [-0.05, 0) is 71.8 Å². The smallest absolute Gasteiger partial charge is 0.315 e. The zero-order valence-electron chi connectivity index (χ0n) is 21.4. The lowest BCUT2D eigenvalue weighted by Gasteiger charge is -2.66. The summed E-state index contributed by atoms with van der Waals surface area (Å²) in [4.78, 5) is 26.3. The van der Waals surface area contributed by atoms with E-state index >= 15 is 0 Å². The van der Waals surface area contributed by atoms with Crippen LogP contribution >= 0.6 is 0 Å². The molecule has 3 saturated carbocycles. The van der Waals surface area contributed by atoms with Crippen LogP contribution in [0.4, 0.5) is 0 Å². The Hall–Kier alpha value is -1.32. The zero-order valence-corrected chi connectivity index (χ0v) is 21.4. The Kier molecular flexibility index (Phi) is 3.75. The maximum Gasteiger partial charge on any atom is 0.315 e. The van der Waals surface area contributed by atoms with Gasteiger partial charge < -0.3 is 29.2 Å². The third kappa shape index (κ3) is 2.08. The molecule has 0 radical (unpaired) electrons. The second-order valence-electron chi connectivity index (χ2n) is 14.0. The van der Waals surface area contributed by atoms with Gasteiger partial charge in [0.1, 0.15) is 23.4 Å². The fourth-order valence-corrected chi connectivity index (χ4v) is 10.2. The Morgan fingerprint density at radius 2 is 1.69 bits per heavy atom. The standard InChI is InChI=1S/C28H36O8/c1-22-12-15(16(33-21(22)30)13-24(22,3)32)28-11-10-26(36-28)18-14(7-9-23(26,2)31)25(4)17(29)6-5-8-27(25)20(35-27)19(18)34-28/h5-6,14-16,18-20,31-32H,7-13H2,1-4H3/t14-,15+,16+,18-,19+,20+,22-,23-,24+,25-,26+,27+,28+/m0/s1. The van der Waals surface area contributed by atoms with Crippen LogP contribution < -0.4 is 0 Å². The highest BCUT2D eigenvalue weighted by molar-refractivity contribution is 5.98. The van der Waals surface area contributed by atoms with E-state index in [0.717, 1.165) is 0 Å². The van der Waals surface area contributed by atoms with E-state index in [-0.39, 0.29) is 41.7 Å². The molecule has 8 nitrogen and oxygen atoms in total. The van der Waals surface area contributed by atoms with Crippen molar-refractivity contribution in [2.24, 2.45) is 28.6 Å². The molecule has 4 bridgehead atoms. The quantitative estimate of drug-likeness (QED) is 0.416. The molecule has 36 heavy (non-hydrogen) atoms. The third-order valence-electron chi connectivity index (χ3n) is 12.7. The number of fused-ring (bicyclic) bond motifs is 7. The van der Waals surface area contributed by atoms with Gasteiger partial charge in [0.15, 0.2) is 11.6 Å². The number of carbonyl (C=O) groups is 2. The zero-order chi connectivity index (χ0) is 25.3. The Morgan fingerprint density at radius 3 is 2.44 bits per heavy atom. The molecule has 0 aromatic heterocycles. The molecule has 8 heteroatoms. The predicted molar refractivity (Wildman–Crippen MR) is 123 cm³/mol. The molecule has 4 aliphatic carbocycles. The number of ether oxygens (including phenoxy) is 4. The molecule has 5 heterocycles. The summed E-state index contributed by atoms with van der Waals surface area (Å²) in [5, 5.41) is 23.1. The lowest BCUT2D eigenvalue weighted by atomic mass is 9.44. The summed E-state index contributed by atoms with van der Waals surface area (Å²) < 4.78 is 26.5. The third-order valence-corrected chi connectivity index (χ3v) is 12.7. The van der Waals surface area contributed by atoms with E-state index in [1.165, 1.54) is 0 Å². The van der Waals surface area contributed by atoms with Crippen molar-refractivity contribution in [2.75, 3.05) is 0 Å². The van der Waals surface area contributed by atoms with E-state index in [2.05, 4.69) is 6.92 Å². The maximum atomic E-state index is 13.5. The minimum Gasteiger partial charge on any atom is -0.461 e. The Bertz CT molecular complexity index is 1140. The number of allylic oxidation sites excluding steroid dienone is 1. The summed E-state index contributed by atoms with van der Waals surface area (Å²) in [5.74, 6) is -1.74. The van der Waals surface area contributed by atoms with Crippen molar-refractivity contribution in [3.8, 4) is 0 Å². The minimum absolute atomic E-state index is 0.0195. The van der Waals surface area contributed by atoms with E-state index in [1.54, 1.807) is 19.9 Å². The van der Waals surface area contributed by atoms with Crippen LogP contribution in [-0.4, -0.2) is 68.5 Å². The average molecular weight is 501 g/mol. The van der Waals surface area contributed by atoms with Gasteiger partial charge in [0, 0.05) is 18.8 Å². The molecule has 196 valence electrons. The highest BCUT2D eigenvalue weighted by Gasteiger charge is 2.86. The van der Waals surface area contributed by atoms with E-state index in [9.17, 15) is 19.8 Å². The average Bonchev–Trinajstić information content (AvgIpc) is 3.45. The Balaban J connectivity index is 1.26. The predicted octanol–water partition coefficient (Wildman–Crippen LogP) is 2.19. The van der Waals surface area contributed by atoms with Crippen LogP contribution in [0, 0.1) is 28.6 Å². The van der Waals surface area contributed by atoms with Crippen molar-refractivity contribution in [3.05, 3.63) is 12.2 Å².